The van der Waals surface area contributed by atoms with Crippen LogP contribution in [0.5, 0.6) is 0 Å². The summed E-state index contributed by atoms with van der Waals surface area (Å²) in [6.07, 6.45) is -2.59. The first-order valence-corrected chi connectivity index (χ1v) is 5.66. The monoisotopic (exact) mass is 250 g/mol. The van der Waals surface area contributed by atoms with Crippen molar-refractivity contribution in [3.8, 4) is 0 Å². The van der Waals surface area contributed by atoms with E-state index in [1.807, 2.05) is 0 Å². The van der Waals surface area contributed by atoms with Gasteiger partial charge in [0.05, 0.1) is 4.90 Å². The molecule has 1 aromatic carbocycles. The van der Waals surface area contributed by atoms with E-state index in [1.165, 1.54) is 0 Å². The lowest BCUT2D eigenvalue weighted by Crippen LogP contribution is -2.26. The van der Waals surface area contributed by atoms with Crippen LogP contribution >= 0.6 is 0 Å². The van der Waals surface area contributed by atoms with Crippen molar-refractivity contribution in [3.63, 3.8) is 0 Å². The number of hydrogen-bond donors (Lipinski definition) is 0. The molecule has 16 heavy (non-hydrogen) atoms. The first-order chi connectivity index (χ1) is 7.32. The number of alkyl halides is 3. The molecule has 7 heteroatoms. The molecule has 0 bridgehead atoms. The summed E-state index contributed by atoms with van der Waals surface area (Å²) in [4.78, 5) is 9.62. The normalized spacial score (nSPS) is 25.1. The minimum absolute atomic E-state index is 0.0469. The fraction of sp³-hybridized carbons (Fsp3) is 0.222. The fourth-order valence-electron chi connectivity index (χ4n) is 1.55. The van der Waals surface area contributed by atoms with Crippen LogP contribution < -0.4 is 0 Å². The van der Waals surface area contributed by atoms with Crippen molar-refractivity contribution in [3.05, 3.63) is 29.3 Å². The van der Waals surface area contributed by atoms with Gasteiger partial charge in [-0.15, -0.1) is 0 Å². The van der Waals surface area contributed by atoms with E-state index in [9.17, 15) is 26.4 Å². The Kier molecular flexibility index (Phi) is 2.13. The second-order valence-electron chi connectivity index (χ2n) is 3.34. The third-order valence-corrected chi connectivity index (χ3v) is 4.26. The van der Waals surface area contributed by atoms with E-state index in [4.69, 9.17) is 0 Å². The van der Waals surface area contributed by atoms with Crippen molar-refractivity contribution in [1.29, 1.82) is 0 Å². The summed E-state index contributed by atoms with van der Waals surface area (Å²) in [7, 11) is -4.98. The van der Waals surface area contributed by atoms with E-state index in [-0.39, 0.29) is 5.56 Å². The predicted molar refractivity (Wildman–Crippen MR) is 47.8 cm³/mol. The fourth-order valence-corrected chi connectivity index (χ4v) is 2.96. The standard InChI is InChI=1S/C9H5F3O3S/c10-8-6-3-5(4-13)1-2-7(6)16(14,15)9(8,11)12/h1-4,8H. The Morgan fingerprint density at radius 3 is 2.50 bits per heavy atom. The van der Waals surface area contributed by atoms with E-state index in [0.717, 1.165) is 18.2 Å². The summed E-state index contributed by atoms with van der Waals surface area (Å²) in [5.74, 6) is 0. The predicted octanol–water partition coefficient (Wildman–Crippen LogP) is 1.89. The van der Waals surface area contributed by atoms with Crippen LogP contribution in [0.2, 0.25) is 0 Å². The van der Waals surface area contributed by atoms with Gasteiger partial charge < -0.3 is 0 Å². The average molecular weight is 250 g/mol. The molecule has 3 nitrogen and oxygen atoms in total. The van der Waals surface area contributed by atoms with E-state index >= 15 is 0 Å². The molecule has 1 heterocycles. The number of benzene rings is 1. The molecule has 0 N–H and O–H groups in total. The van der Waals surface area contributed by atoms with E-state index in [2.05, 4.69) is 0 Å². The molecular formula is C9H5F3O3S. The topological polar surface area (TPSA) is 51.2 Å². The lowest BCUT2D eigenvalue weighted by molar-refractivity contribution is 0.0101. The van der Waals surface area contributed by atoms with Gasteiger partial charge in [0.25, 0.3) is 0 Å². The van der Waals surface area contributed by atoms with Crippen LogP contribution in [0, 0.1) is 0 Å². The van der Waals surface area contributed by atoms with Gasteiger partial charge in [0, 0.05) is 11.1 Å². The van der Waals surface area contributed by atoms with Gasteiger partial charge in [0.15, 0.2) is 0 Å². The molecule has 0 aliphatic carbocycles. The molecule has 0 aromatic heterocycles. The number of sulfone groups is 1. The van der Waals surface area contributed by atoms with Crippen molar-refractivity contribution in [2.24, 2.45) is 0 Å². The molecule has 1 unspecified atom stereocenters. The van der Waals surface area contributed by atoms with Gasteiger partial charge in [-0.3, -0.25) is 4.79 Å². The van der Waals surface area contributed by atoms with Crippen LogP contribution in [-0.4, -0.2) is 20.0 Å². The minimum atomic E-state index is -4.98. The first-order valence-electron chi connectivity index (χ1n) is 4.18. The lowest BCUT2D eigenvalue weighted by atomic mass is 10.1. The lowest BCUT2D eigenvalue weighted by Gasteiger charge is -2.09. The van der Waals surface area contributed by atoms with Gasteiger partial charge in [-0.25, -0.2) is 12.8 Å². The number of halogens is 3. The summed E-state index contributed by atoms with van der Waals surface area (Å²) in [5.41, 5.74) is -0.705. The molecule has 86 valence electrons. The summed E-state index contributed by atoms with van der Waals surface area (Å²) < 4.78 is 61.9. The molecule has 0 fully saturated rings. The second kappa shape index (κ2) is 3.07. The number of carbonyl (C=O) groups excluding carboxylic acids is 1. The average Bonchev–Trinajstić information content (AvgIpc) is 2.38. The molecule has 0 saturated carbocycles. The molecule has 2 rings (SSSR count). The Balaban J connectivity index is 2.77. The zero-order valence-corrected chi connectivity index (χ0v) is 8.47. The zero-order valence-electron chi connectivity index (χ0n) is 7.65. The summed E-state index contributed by atoms with van der Waals surface area (Å²) >= 11 is 0. The Morgan fingerprint density at radius 2 is 1.94 bits per heavy atom. The van der Waals surface area contributed by atoms with Gasteiger partial charge in [0.2, 0.25) is 16.0 Å². The van der Waals surface area contributed by atoms with Gasteiger partial charge in [0.1, 0.15) is 6.29 Å². The Hall–Kier alpha value is -1.37. The van der Waals surface area contributed by atoms with Crippen molar-refractivity contribution in [1.82, 2.24) is 0 Å². The Morgan fingerprint density at radius 1 is 1.31 bits per heavy atom. The smallest absolute Gasteiger partial charge is 0.298 e. The van der Waals surface area contributed by atoms with E-state index in [1.54, 1.807) is 0 Å². The van der Waals surface area contributed by atoms with Crippen LogP contribution in [0.25, 0.3) is 0 Å². The molecule has 0 amide bonds. The van der Waals surface area contributed by atoms with E-state index in [0.29, 0.717) is 6.29 Å². The molecule has 0 radical (unpaired) electrons. The second-order valence-corrected chi connectivity index (χ2v) is 5.33. The van der Waals surface area contributed by atoms with Crippen molar-refractivity contribution < 1.29 is 26.4 Å². The quantitative estimate of drug-likeness (QED) is 0.715. The highest BCUT2D eigenvalue weighted by Crippen LogP contribution is 2.51. The molecule has 1 aromatic rings. The molecule has 0 saturated heterocycles. The Bertz CT molecular complexity index is 565. The number of aldehydes is 1. The molecule has 0 spiro atoms. The largest absolute Gasteiger partial charge is 0.384 e. The van der Waals surface area contributed by atoms with Gasteiger partial charge >= 0.3 is 5.25 Å². The van der Waals surface area contributed by atoms with Gasteiger partial charge in [-0.05, 0) is 12.1 Å². The van der Waals surface area contributed by atoms with Crippen molar-refractivity contribution >= 4 is 16.1 Å². The minimum Gasteiger partial charge on any atom is -0.298 e. The van der Waals surface area contributed by atoms with Crippen LogP contribution in [0.1, 0.15) is 22.1 Å². The van der Waals surface area contributed by atoms with Gasteiger partial charge in [-0.1, -0.05) is 6.07 Å². The number of carbonyl (C=O) groups is 1. The summed E-state index contributed by atoms with van der Waals surface area (Å²) in [6.45, 7) is 0. The number of fused-ring (bicyclic) bond motifs is 1. The third kappa shape index (κ3) is 1.14. The molecule has 1 aliphatic heterocycles. The van der Waals surface area contributed by atoms with Crippen LogP contribution in [-0.2, 0) is 9.84 Å². The maximum absolute atomic E-state index is 13.3. The van der Waals surface area contributed by atoms with Crippen molar-refractivity contribution in [2.75, 3.05) is 0 Å². The molecular weight excluding hydrogens is 245 g/mol. The molecule has 1 aliphatic rings. The summed E-state index contributed by atoms with van der Waals surface area (Å²) in [6, 6.07) is 2.70. The highest BCUT2D eigenvalue weighted by atomic mass is 32.2. The van der Waals surface area contributed by atoms with Gasteiger partial charge in [-0.2, -0.15) is 8.78 Å². The number of hydrogen-bond acceptors (Lipinski definition) is 3. The first kappa shape index (κ1) is 11.1. The molecule has 1 atom stereocenters. The Labute approximate surface area is 88.8 Å². The van der Waals surface area contributed by atoms with Crippen molar-refractivity contribution in [2.45, 2.75) is 16.3 Å². The maximum Gasteiger partial charge on any atom is 0.384 e. The SMILES string of the molecule is O=Cc1ccc2c(c1)C(F)C(F)(F)S2(=O)=O. The summed E-state index contributed by atoms with van der Waals surface area (Å²) in [5, 5.41) is -4.46. The maximum atomic E-state index is 13.3. The van der Waals surface area contributed by atoms with Crippen LogP contribution in [0.4, 0.5) is 13.2 Å². The zero-order chi connectivity index (χ0) is 12.1. The van der Waals surface area contributed by atoms with Crippen LogP contribution in [0.3, 0.4) is 0 Å². The number of rotatable bonds is 1. The van der Waals surface area contributed by atoms with Crippen LogP contribution in [0.15, 0.2) is 23.1 Å². The third-order valence-electron chi connectivity index (χ3n) is 2.39. The van der Waals surface area contributed by atoms with E-state index < -0.39 is 31.7 Å². The highest BCUT2D eigenvalue weighted by molar-refractivity contribution is 7.92. The highest BCUT2D eigenvalue weighted by Gasteiger charge is 2.61.